The van der Waals surface area contributed by atoms with E-state index in [0.717, 1.165) is 12.8 Å². The Morgan fingerprint density at radius 2 is 1.10 bits per heavy atom. The number of nitrogens with two attached hydrogens (primary N) is 1. The summed E-state index contributed by atoms with van der Waals surface area (Å²) in [6.45, 7) is -2.85. The van der Waals surface area contributed by atoms with Crippen LogP contribution in [0.2, 0.25) is 20.1 Å². The summed E-state index contributed by atoms with van der Waals surface area (Å²) in [6.07, 6.45) is 3.88. The highest BCUT2D eigenvalue weighted by molar-refractivity contribution is 6.32. The number of rotatable bonds is 14. The highest BCUT2D eigenvalue weighted by Gasteiger charge is 2.79. The van der Waals surface area contributed by atoms with Crippen molar-refractivity contribution in [1.29, 1.82) is 0 Å². The molecule has 10 atom stereocenters. The van der Waals surface area contributed by atoms with Gasteiger partial charge in [0.1, 0.15) is 28.9 Å². The van der Waals surface area contributed by atoms with Gasteiger partial charge in [-0.2, -0.15) is 0 Å². The van der Waals surface area contributed by atoms with Gasteiger partial charge in [-0.05, 0) is 128 Å². The van der Waals surface area contributed by atoms with Gasteiger partial charge >= 0.3 is 5.97 Å². The van der Waals surface area contributed by atoms with Gasteiger partial charge in [-0.3, -0.25) is 51.6 Å². The molecule has 5 aliphatic heterocycles. The second kappa shape index (κ2) is 27.5. The van der Waals surface area contributed by atoms with E-state index in [9.17, 15) is 51.4 Å². The van der Waals surface area contributed by atoms with Crippen LogP contribution in [0, 0.1) is 39.7 Å². The first-order valence-electron chi connectivity index (χ1n) is 30.4. The third-order valence-corrected chi connectivity index (χ3v) is 21.8. The molecule has 12 rings (SSSR count). The minimum Gasteiger partial charge on any atom is -0.480 e. The van der Waals surface area contributed by atoms with Gasteiger partial charge in [-0.15, -0.1) is 12.4 Å². The number of carboxylic acids is 1. The number of alkyl halides is 4. The number of nitrogens with one attached hydrogen (secondary N) is 3. The van der Waals surface area contributed by atoms with Crippen molar-refractivity contribution in [2.24, 2.45) is 33.8 Å². The largest absolute Gasteiger partial charge is 0.480 e. The third-order valence-electron chi connectivity index (χ3n) is 20.7. The number of anilines is 2. The molecule has 4 spiro atoms. The number of carboxylic acid groups (broad SMARTS) is 1. The number of carbonyl (C=O) groups excluding carboxylic acids is 5. The quantitative estimate of drug-likeness (QED) is 0.0750. The van der Waals surface area contributed by atoms with Crippen molar-refractivity contribution < 1.29 is 69.7 Å². The molecule has 3 saturated carbocycles. The number of hydrogen-bond donors (Lipinski definition) is 5. The number of carbonyl (C=O) groups is 6. The summed E-state index contributed by atoms with van der Waals surface area (Å²) in [4.78, 5) is 81.6. The first kappa shape index (κ1) is 71.1. The standard InChI is InChI=1S/C34H37Cl2F3N2O4.C23H19Cl2F3N2O3.C9H18N2O2.ClH/c1-41(2)28(43)12-21-8-6-19(14-45-21)10-27(42)23-13-33(15-32(16-33,17-37)18-38)34(29(23)22-4-3-5-25(36)30(22)39)24-9-7-20(35)11-26(24)40-31(34)44;24-11-4-5-13-15(6-11)29-20(33)23(13)16(12-2-1-3-14(25)17(12)28)18(19(31)32)30-22(23)7-21(8-22,9-26)10-27;1-11(2)9(12)5-8-4-3-7(10)6-13-8;/h3-5,7,9,11,19,21,23,29H,6,8,10,12-18H2,1-2H3,(H,40,44);1-6,16,18,30H,7-10H2,(H,29,33)(H,31,32);7-8H,3-6,10H2,1-2H3;1H/t19-,21-,23-,29-,34+;16-,18+,23+;7-,8+;/m001./s1. The van der Waals surface area contributed by atoms with Gasteiger partial charge in [0.2, 0.25) is 23.6 Å². The highest BCUT2D eigenvalue weighted by Crippen LogP contribution is 2.77. The minimum absolute atomic E-state index is 0. The normalized spacial score (nSPS) is 28.6. The summed E-state index contributed by atoms with van der Waals surface area (Å²) < 4.78 is 99.3. The molecule has 0 unspecified atom stereocenters. The third kappa shape index (κ3) is 12.2. The van der Waals surface area contributed by atoms with Gasteiger partial charge in [0.25, 0.3) is 0 Å². The fourth-order valence-corrected chi connectivity index (χ4v) is 17.4. The maximum atomic E-state index is 16.0. The molecule has 92 heavy (non-hydrogen) atoms. The predicted octanol–water partition coefficient (Wildman–Crippen LogP) is 12.1. The lowest BCUT2D eigenvalue weighted by Gasteiger charge is -2.59. The van der Waals surface area contributed by atoms with Crippen molar-refractivity contribution >= 4 is 106 Å². The first-order valence-corrected chi connectivity index (χ1v) is 31.9. The van der Waals surface area contributed by atoms with Crippen molar-refractivity contribution in [3.63, 3.8) is 0 Å². The minimum atomic E-state index is -1.66. The lowest BCUT2D eigenvalue weighted by atomic mass is 9.43. The van der Waals surface area contributed by atoms with Gasteiger partial charge < -0.3 is 40.7 Å². The smallest absolute Gasteiger partial charge is 0.321 e. The Labute approximate surface area is 556 Å². The van der Waals surface area contributed by atoms with E-state index >= 15 is 8.78 Å². The monoisotopic (exact) mass is 1380 g/mol. The molecular weight excluding hydrogens is 1310 g/mol. The summed E-state index contributed by atoms with van der Waals surface area (Å²) in [5.41, 5.74) is -0.579. The van der Waals surface area contributed by atoms with Crippen LogP contribution in [0.3, 0.4) is 0 Å². The fourth-order valence-electron chi connectivity index (χ4n) is 16.7. The lowest BCUT2D eigenvalue weighted by molar-refractivity contribution is -0.143. The van der Waals surface area contributed by atoms with Crippen LogP contribution in [0.25, 0.3) is 0 Å². The second-order valence-corrected chi connectivity index (χ2v) is 28.6. The van der Waals surface area contributed by atoms with Crippen LogP contribution in [0.5, 0.6) is 0 Å². The Kier molecular flexibility index (Phi) is 21.2. The van der Waals surface area contributed by atoms with E-state index in [0.29, 0.717) is 65.0 Å². The highest BCUT2D eigenvalue weighted by atomic mass is 35.5. The molecule has 4 amide bonds. The number of aliphatic carboxylic acids is 1. The molecule has 6 fully saturated rings. The predicted molar refractivity (Wildman–Crippen MR) is 340 cm³/mol. The number of halogens is 11. The van der Waals surface area contributed by atoms with Crippen LogP contribution >= 0.6 is 58.8 Å². The second-order valence-electron chi connectivity index (χ2n) is 26.9. The summed E-state index contributed by atoms with van der Waals surface area (Å²) in [5.74, 6) is -7.10. The zero-order chi connectivity index (χ0) is 65.9. The van der Waals surface area contributed by atoms with E-state index in [4.69, 9.17) is 61.6 Å². The van der Waals surface area contributed by atoms with Gasteiger partial charge in [0.15, 0.2) is 0 Å². The Balaban J connectivity index is 0.000000186. The van der Waals surface area contributed by atoms with Crippen molar-refractivity contribution in [2.75, 3.05) is 78.7 Å². The Morgan fingerprint density at radius 1 is 0.630 bits per heavy atom. The van der Waals surface area contributed by atoms with Crippen LogP contribution in [-0.2, 0) is 49.1 Å². The van der Waals surface area contributed by atoms with Crippen molar-refractivity contribution in [3.05, 3.63) is 127 Å². The maximum Gasteiger partial charge on any atom is 0.321 e. The van der Waals surface area contributed by atoms with E-state index in [2.05, 4.69) is 16.0 Å². The van der Waals surface area contributed by atoms with E-state index in [1.807, 2.05) is 0 Å². The van der Waals surface area contributed by atoms with Crippen LogP contribution in [0.15, 0.2) is 72.8 Å². The summed E-state index contributed by atoms with van der Waals surface area (Å²) >= 11 is 24.7. The Morgan fingerprint density at radius 3 is 1.55 bits per heavy atom. The van der Waals surface area contributed by atoms with Crippen LogP contribution in [-0.4, -0.2) is 148 Å². The van der Waals surface area contributed by atoms with Gasteiger partial charge in [0.05, 0.1) is 80.4 Å². The number of fused-ring (bicyclic) bond motifs is 6. The summed E-state index contributed by atoms with van der Waals surface area (Å²) in [7, 11) is 6.91. The topological polar surface area (TPSA) is 210 Å². The SMILES string of the molecule is CN(C)C(=O)C[C@@H]1CC[C@@H](CC(=O)[C@@H]2CC3(CC(CF)(CF)C3)[C@@]3(C(=O)Nc4cc(Cl)ccc43)[C@H]2c2cccc(Cl)c2F)CO1.CN(C)C(=O)C[C@@H]1CC[C@@H](N)CO1.Cl.O=C(O)[C@@H]1NC2(CC(CF)(CF)C2)[C@@]2(C(=O)Nc3cc(Cl)ccc32)[C@H]1c1cccc(Cl)c1F. The first-order chi connectivity index (χ1) is 43.1. The average Bonchev–Trinajstić information content (AvgIpc) is 1.48. The maximum absolute atomic E-state index is 16.0. The van der Waals surface area contributed by atoms with Crippen molar-refractivity contribution in [3.8, 4) is 0 Å². The molecule has 5 heterocycles. The van der Waals surface area contributed by atoms with Gasteiger partial charge in [0, 0.05) is 96.2 Å². The average molecular weight is 1390 g/mol. The van der Waals surface area contributed by atoms with Crippen molar-refractivity contribution in [2.45, 2.75) is 130 Å². The van der Waals surface area contributed by atoms with Crippen LogP contribution < -0.4 is 21.7 Å². The van der Waals surface area contributed by atoms with E-state index in [1.54, 1.807) is 75.6 Å². The molecule has 0 bridgehead atoms. The zero-order valence-corrected chi connectivity index (χ0v) is 55.0. The fraction of sp³-hybridized carbons (Fsp3) is 0.545. The Bertz CT molecular complexity index is 3480. The van der Waals surface area contributed by atoms with Gasteiger partial charge in [-0.25, -0.2) is 8.78 Å². The molecule has 6 N–H and O–H groups in total. The number of ketones is 1. The number of hydrogen-bond acceptors (Lipinski definition) is 10. The van der Waals surface area contributed by atoms with Crippen LogP contribution in [0.1, 0.15) is 111 Å². The zero-order valence-electron chi connectivity index (χ0n) is 51.1. The molecule has 8 aliphatic rings. The molecule has 15 nitrogen and oxygen atoms in total. The van der Waals surface area contributed by atoms with Crippen LogP contribution in [0.4, 0.5) is 37.7 Å². The number of ether oxygens (including phenoxy) is 2. The van der Waals surface area contributed by atoms with E-state index < -0.39 is 113 Å². The molecule has 4 aromatic carbocycles. The molecule has 4 aromatic rings. The number of Topliss-reactive ketones (excluding diaryl/α,β-unsaturated/α-hetero) is 1. The molecule has 0 radical (unpaired) electrons. The molecule has 3 saturated heterocycles. The molecular formula is C66H75Cl5F6N6O9. The van der Waals surface area contributed by atoms with E-state index in [1.165, 1.54) is 35.2 Å². The van der Waals surface area contributed by atoms with Crippen molar-refractivity contribution in [1.82, 2.24) is 15.1 Å². The molecule has 0 aromatic heterocycles. The summed E-state index contributed by atoms with van der Waals surface area (Å²) in [6, 6.07) is 17.1. The van der Waals surface area contributed by atoms with E-state index in [-0.39, 0.29) is 120 Å². The number of benzene rings is 4. The Hall–Kier alpha value is -5.23. The molecule has 3 aliphatic carbocycles. The summed E-state index contributed by atoms with van der Waals surface area (Å²) in [5, 5.41) is 19.1. The lowest BCUT2D eigenvalue weighted by Crippen LogP contribution is -2.70. The number of nitrogens with zero attached hydrogens (tertiary/aromatic N) is 2. The molecule has 26 heteroatoms. The molecule has 500 valence electrons. The number of amides is 4. The van der Waals surface area contributed by atoms with Gasteiger partial charge in [-0.1, -0.05) is 82.8 Å².